The van der Waals surface area contributed by atoms with Crippen LogP contribution in [0.2, 0.25) is 0 Å². The van der Waals surface area contributed by atoms with E-state index in [1.54, 1.807) is 0 Å². The predicted octanol–water partition coefficient (Wildman–Crippen LogP) is 1.60. The molecule has 0 aromatic carbocycles. The molecule has 2 amide bonds. The van der Waals surface area contributed by atoms with Crippen molar-refractivity contribution >= 4 is 6.03 Å². The maximum atomic E-state index is 12.0. The van der Waals surface area contributed by atoms with Gasteiger partial charge in [0.05, 0.1) is 12.8 Å². The summed E-state index contributed by atoms with van der Waals surface area (Å²) >= 11 is 0. The monoisotopic (exact) mass is 329 g/mol. The van der Waals surface area contributed by atoms with Crippen molar-refractivity contribution in [2.75, 3.05) is 13.2 Å². The number of aryl methyl sites for hydroxylation is 1. The molecule has 0 aliphatic heterocycles. The minimum absolute atomic E-state index is 0.132. The van der Waals surface area contributed by atoms with Crippen LogP contribution in [-0.2, 0) is 19.3 Å². The number of aromatic nitrogens is 3. The fourth-order valence-electron chi connectivity index (χ4n) is 2.91. The summed E-state index contributed by atoms with van der Waals surface area (Å²) in [6, 6.07) is 5.71. The highest BCUT2D eigenvalue weighted by Gasteiger charge is 2.21. The summed E-state index contributed by atoms with van der Waals surface area (Å²) in [5, 5.41) is 13.0. The maximum absolute atomic E-state index is 12.0. The summed E-state index contributed by atoms with van der Waals surface area (Å²) in [5.41, 5.74) is 3.29. The molecule has 128 valence electrons. The van der Waals surface area contributed by atoms with Crippen LogP contribution in [0.4, 0.5) is 4.79 Å². The van der Waals surface area contributed by atoms with Gasteiger partial charge in [0.15, 0.2) is 0 Å². The molecule has 0 spiro atoms. The molecular weight excluding hydrogens is 306 g/mol. The Morgan fingerprint density at radius 3 is 3.25 bits per heavy atom. The summed E-state index contributed by atoms with van der Waals surface area (Å²) in [4.78, 5) is 16.4. The molecule has 3 N–H and O–H groups in total. The fourth-order valence-corrected chi connectivity index (χ4v) is 2.91. The normalized spacial score (nSPS) is 16.3. The third-order valence-corrected chi connectivity index (χ3v) is 4.09. The van der Waals surface area contributed by atoms with Gasteiger partial charge in [-0.25, -0.2) is 9.78 Å². The summed E-state index contributed by atoms with van der Waals surface area (Å²) < 4.78 is 5.38. The van der Waals surface area contributed by atoms with Crippen LogP contribution in [0.5, 0.6) is 5.88 Å². The number of hydrogen-bond acceptors (Lipinski definition) is 4. The molecule has 1 aliphatic carbocycles. The molecule has 0 unspecified atom stereocenters. The van der Waals surface area contributed by atoms with Crippen LogP contribution in [0.3, 0.4) is 0 Å². The lowest BCUT2D eigenvalue weighted by molar-refractivity contribution is 0.235. The molecule has 2 aromatic rings. The van der Waals surface area contributed by atoms with Gasteiger partial charge in [-0.05, 0) is 37.8 Å². The van der Waals surface area contributed by atoms with Crippen LogP contribution in [0.15, 0.2) is 24.4 Å². The van der Waals surface area contributed by atoms with Crippen molar-refractivity contribution in [2.24, 2.45) is 0 Å². The van der Waals surface area contributed by atoms with Gasteiger partial charge in [-0.15, -0.1) is 0 Å². The molecule has 0 fully saturated rings. The minimum atomic E-state index is -0.132. The number of urea groups is 1. The average molecular weight is 329 g/mol. The minimum Gasteiger partial charge on any atom is -0.478 e. The van der Waals surface area contributed by atoms with E-state index < -0.39 is 0 Å². The number of hydrogen-bond donors (Lipinski definition) is 3. The van der Waals surface area contributed by atoms with Gasteiger partial charge in [-0.2, -0.15) is 5.10 Å². The molecule has 7 heteroatoms. The Hall–Kier alpha value is -2.57. The summed E-state index contributed by atoms with van der Waals surface area (Å²) in [7, 11) is 0. The quantitative estimate of drug-likeness (QED) is 0.751. The van der Waals surface area contributed by atoms with Crippen molar-refractivity contribution in [1.82, 2.24) is 25.8 Å². The summed E-state index contributed by atoms with van der Waals surface area (Å²) in [6.45, 7) is 3.06. The van der Waals surface area contributed by atoms with Crippen molar-refractivity contribution < 1.29 is 9.53 Å². The van der Waals surface area contributed by atoms with E-state index in [0.29, 0.717) is 25.5 Å². The highest BCUT2D eigenvalue weighted by Crippen LogP contribution is 2.18. The van der Waals surface area contributed by atoms with E-state index in [4.69, 9.17) is 4.74 Å². The molecule has 0 saturated carbocycles. The SMILES string of the molecule is CCOc1cccc(CCNC(=O)N[C@H]2CCc3[nH]ncc3C2)n1. The zero-order chi connectivity index (χ0) is 16.8. The van der Waals surface area contributed by atoms with E-state index in [1.165, 1.54) is 11.3 Å². The molecule has 0 saturated heterocycles. The van der Waals surface area contributed by atoms with E-state index in [0.717, 1.165) is 25.0 Å². The van der Waals surface area contributed by atoms with Gasteiger partial charge < -0.3 is 15.4 Å². The van der Waals surface area contributed by atoms with Crippen LogP contribution in [-0.4, -0.2) is 40.4 Å². The van der Waals surface area contributed by atoms with E-state index in [9.17, 15) is 4.79 Å². The van der Waals surface area contributed by atoms with Crippen LogP contribution in [0, 0.1) is 0 Å². The van der Waals surface area contributed by atoms with E-state index in [1.807, 2.05) is 31.3 Å². The molecule has 1 aliphatic rings. The number of nitrogens with one attached hydrogen (secondary N) is 3. The molecule has 3 rings (SSSR count). The third kappa shape index (κ3) is 4.24. The third-order valence-electron chi connectivity index (χ3n) is 4.09. The molecular formula is C17H23N5O2. The number of aromatic amines is 1. The number of carbonyl (C=O) groups excluding carboxylic acids is 1. The van der Waals surface area contributed by atoms with Crippen LogP contribution >= 0.6 is 0 Å². The highest BCUT2D eigenvalue weighted by molar-refractivity contribution is 5.74. The largest absolute Gasteiger partial charge is 0.478 e. The van der Waals surface area contributed by atoms with E-state index >= 15 is 0 Å². The number of rotatable bonds is 6. The molecule has 24 heavy (non-hydrogen) atoms. The smallest absolute Gasteiger partial charge is 0.315 e. The zero-order valence-corrected chi connectivity index (χ0v) is 13.8. The Balaban J connectivity index is 1.41. The maximum Gasteiger partial charge on any atom is 0.315 e. The second kappa shape index (κ2) is 7.81. The second-order valence-corrected chi connectivity index (χ2v) is 5.86. The Morgan fingerprint density at radius 2 is 2.38 bits per heavy atom. The molecule has 2 aromatic heterocycles. The van der Waals surface area contributed by atoms with Gasteiger partial charge in [-0.3, -0.25) is 5.10 Å². The molecule has 7 nitrogen and oxygen atoms in total. The first-order valence-corrected chi connectivity index (χ1v) is 8.39. The number of ether oxygens (including phenoxy) is 1. The lowest BCUT2D eigenvalue weighted by atomic mass is 9.94. The lowest BCUT2D eigenvalue weighted by Crippen LogP contribution is -2.45. The first kappa shape index (κ1) is 16.3. The molecule has 1 atom stereocenters. The first-order chi connectivity index (χ1) is 11.7. The van der Waals surface area contributed by atoms with Crippen molar-refractivity contribution in [3.63, 3.8) is 0 Å². The Morgan fingerprint density at radius 1 is 1.46 bits per heavy atom. The summed E-state index contributed by atoms with van der Waals surface area (Å²) in [5.74, 6) is 0.623. The zero-order valence-electron chi connectivity index (χ0n) is 13.8. The Labute approximate surface area is 141 Å². The van der Waals surface area contributed by atoms with E-state index in [2.05, 4.69) is 25.8 Å². The standard InChI is InChI=1S/C17H23N5O2/c1-2-24-16-5-3-4-13(20-16)8-9-18-17(23)21-14-6-7-15-12(10-14)11-19-22-15/h3-5,11,14H,2,6-10H2,1H3,(H,19,22)(H2,18,21,23)/t14-/m0/s1. The molecule has 2 heterocycles. The Bertz CT molecular complexity index is 685. The van der Waals surface area contributed by atoms with E-state index in [-0.39, 0.29) is 12.1 Å². The average Bonchev–Trinajstić information content (AvgIpc) is 3.03. The number of nitrogens with zero attached hydrogens (tertiary/aromatic N) is 2. The van der Waals surface area contributed by atoms with Gasteiger partial charge in [0, 0.05) is 36.5 Å². The van der Waals surface area contributed by atoms with Crippen LogP contribution < -0.4 is 15.4 Å². The lowest BCUT2D eigenvalue weighted by Gasteiger charge is -2.22. The van der Waals surface area contributed by atoms with Gasteiger partial charge in [0.1, 0.15) is 0 Å². The van der Waals surface area contributed by atoms with Crippen LogP contribution in [0.1, 0.15) is 30.3 Å². The van der Waals surface area contributed by atoms with Crippen LogP contribution in [0.25, 0.3) is 0 Å². The fraction of sp³-hybridized carbons (Fsp3) is 0.471. The number of carbonyl (C=O) groups is 1. The number of amides is 2. The van der Waals surface area contributed by atoms with Crippen molar-refractivity contribution in [1.29, 1.82) is 0 Å². The number of fused-ring (bicyclic) bond motifs is 1. The van der Waals surface area contributed by atoms with Gasteiger partial charge in [0.25, 0.3) is 0 Å². The van der Waals surface area contributed by atoms with Crippen molar-refractivity contribution in [2.45, 2.75) is 38.6 Å². The Kier molecular flexibility index (Phi) is 5.30. The van der Waals surface area contributed by atoms with Gasteiger partial charge in [0.2, 0.25) is 5.88 Å². The number of pyridine rings is 1. The van der Waals surface area contributed by atoms with Crippen molar-refractivity contribution in [3.8, 4) is 5.88 Å². The summed E-state index contributed by atoms with van der Waals surface area (Å²) in [6.07, 6.45) is 5.20. The highest BCUT2D eigenvalue weighted by atomic mass is 16.5. The molecule has 0 radical (unpaired) electrons. The topological polar surface area (TPSA) is 91.9 Å². The van der Waals surface area contributed by atoms with Gasteiger partial charge >= 0.3 is 6.03 Å². The second-order valence-electron chi connectivity index (χ2n) is 5.86. The van der Waals surface area contributed by atoms with Gasteiger partial charge in [-0.1, -0.05) is 6.07 Å². The first-order valence-electron chi connectivity index (χ1n) is 8.39. The van der Waals surface area contributed by atoms with Crippen molar-refractivity contribution in [3.05, 3.63) is 41.3 Å². The predicted molar refractivity (Wildman–Crippen MR) is 90.0 cm³/mol. The number of H-pyrrole nitrogens is 1. The molecule has 0 bridgehead atoms.